The lowest BCUT2D eigenvalue weighted by molar-refractivity contribution is 0.928. The molecule has 0 unspecified atom stereocenters. The second kappa shape index (κ2) is 17.1. The summed E-state index contributed by atoms with van der Waals surface area (Å²) in [6.07, 6.45) is 0. The monoisotopic (exact) mass is 929 g/mol. The van der Waals surface area contributed by atoms with Crippen LogP contribution < -0.4 is 0 Å². The Bertz CT molecular complexity index is 4050. The van der Waals surface area contributed by atoms with Gasteiger partial charge in [0.2, 0.25) is 0 Å². The molecule has 0 N–H and O–H groups in total. The fourth-order valence-corrected chi connectivity index (χ4v) is 10.1. The number of nitrogens with zero attached hydrogens (tertiary/aromatic N) is 11. The van der Waals surface area contributed by atoms with Crippen LogP contribution >= 0.6 is 0 Å². The number of rotatable bonds is 8. The molecular weight excluding hydrogens is 887 g/mol. The zero-order valence-corrected chi connectivity index (χ0v) is 39.8. The minimum absolute atomic E-state index is 0.522. The van der Waals surface area contributed by atoms with Crippen molar-refractivity contribution in [3.8, 4) is 79.4 Å². The van der Waals surface area contributed by atoms with Gasteiger partial charge in [-0.1, -0.05) is 140 Å². The van der Waals surface area contributed by atoms with Crippen LogP contribution in [0.3, 0.4) is 0 Å². The Kier molecular flexibility index (Phi) is 10.1. The summed E-state index contributed by atoms with van der Waals surface area (Å²) in [5.41, 5.74) is 12.4. The van der Waals surface area contributed by atoms with Gasteiger partial charge in [0.1, 0.15) is 23.3 Å². The second-order valence-corrected chi connectivity index (χ2v) is 18.0. The van der Waals surface area contributed by atoms with Gasteiger partial charge < -0.3 is 9.13 Å². The molecule has 0 aliphatic heterocycles. The molecule has 0 atom stereocenters. The summed E-state index contributed by atoms with van der Waals surface area (Å²) in [5, 5.41) is 4.47. The van der Waals surface area contributed by atoms with E-state index < -0.39 is 0 Å². The smallest absolute Gasteiger partial charge is 0.166 e. The molecule has 0 spiro atoms. The van der Waals surface area contributed by atoms with Crippen LogP contribution in [0.5, 0.6) is 0 Å². The van der Waals surface area contributed by atoms with Crippen molar-refractivity contribution in [2.24, 2.45) is 0 Å². The van der Waals surface area contributed by atoms with E-state index in [1.807, 2.05) is 88.4 Å². The van der Waals surface area contributed by atoms with E-state index in [1.165, 1.54) is 10.8 Å². The van der Waals surface area contributed by atoms with Gasteiger partial charge in [0.25, 0.3) is 0 Å². The van der Waals surface area contributed by atoms with Crippen molar-refractivity contribution in [2.45, 2.75) is 27.7 Å². The summed E-state index contributed by atoms with van der Waals surface area (Å²) in [6.45, 7) is 7.59. The first-order chi connectivity index (χ1) is 35.3. The molecule has 0 saturated carbocycles. The van der Waals surface area contributed by atoms with Crippen LogP contribution in [0.15, 0.2) is 188 Å². The Morgan fingerprint density at radius 1 is 0.264 bits per heavy atom. The molecule has 8 aromatic carbocycles. The normalized spacial score (nSPS) is 11.6. The molecule has 5 heterocycles. The maximum Gasteiger partial charge on any atom is 0.166 e. The van der Waals surface area contributed by atoms with E-state index in [-0.39, 0.29) is 0 Å². The molecule has 72 heavy (non-hydrogen) atoms. The molecule has 0 radical (unpaired) electrons. The van der Waals surface area contributed by atoms with Gasteiger partial charge in [0.15, 0.2) is 29.1 Å². The number of hydrogen-bond acceptors (Lipinski definition) is 9. The highest BCUT2D eigenvalue weighted by Crippen LogP contribution is 2.42. The molecule has 0 aliphatic carbocycles. The first kappa shape index (κ1) is 42.5. The SMILES string of the molecule is Cc1nc(C)nc(-c2ccc3c4ccc(-c5nc(C)nc(C)n5)cc4n(-c4ccc(-c5ccc6c7ccccc7n(-c7ccccc7)c6c5)cc4-c4nc(-c5ccccc5)nc(-c5ccccc5)n4)c3c2)n1. The van der Waals surface area contributed by atoms with Crippen molar-refractivity contribution in [3.63, 3.8) is 0 Å². The summed E-state index contributed by atoms with van der Waals surface area (Å²) in [7, 11) is 0. The highest BCUT2D eigenvalue weighted by atomic mass is 15.1. The van der Waals surface area contributed by atoms with Crippen molar-refractivity contribution in [2.75, 3.05) is 0 Å². The zero-order valence-electron chi connectivity index (χ0n) is 39.8. The average Bonchev–Trinajstić information content (AvgIpc) is 3.92. The fraction of sp³-hybridized carbons (Fsp3) is 0.0656. The van der Waals surface area contributed by atoms with Crippen molar-refractivity contribution < 1.29 is 0 Å². The number of para-hydroxylation sites is 2. The molecule has 0 bridgehead atoms. The third-order valence-corrected chi connectivity index (χ3v) is 13.2. The fourth-order valence-electron chi connectivity index (χ4n) is 10.1. The van der Waals surface area contributed by atoms with E-state index in [4.69, 9.17) is 34.9 Å². The Balaban J connectivity index is 1.12. The molecule has 0 saturated heterocycles. The van der Waals surface area contributed by atoms with E-state index in [0.29, 0.717) is 52.4 Å². The van der Waals surface area contributed by atoms with Gasteiger partial charge in [0.05, 0.1) is 27.8 Å². The molecule has 0 aliphatic rings. The van der Waals surface area contributed by atoms with Gasteiger partial charge in [-0.3, -0.25) is 0 Å². The van der Waals surface area contributed by atoms with Crippen molar-refractivity contribution in [1.29, 1.82) is 0 Å². The maximum atomic E-state index is 5.37. The van der Waals surface area contributed by atoms with Crippen LogP contribution in [0.25, 0.3) is 123 Å². The van der Waals surface area contributed by atoms with Gasteiger partial charge in [-0.05, 0) is 87.4 Å². The van der Waals surface area contributed by atoms with Gasteiger partial charge in [-0.25, -0.2) is 44.9 Å². The van der Waals surface area contributed by atoms with Crippen LogP contribution in [0, 0.1) is 27.7 Å². The van der Waals surface area contributed by atoms with Gasteiger partial charge in [-0.15, -0.1) is 0 Å². The average molecular weight is 930 g/mol. The van der Waals surface area contributed by atoms with Crippen molar-refractivity contribution >= 4 is 43.6 Å². The molecule has 342 valence electrons. The summed E-state index contributed by atoms with van der Waals surface area (Å²) in [4.78, 5) is 44.1. The summed E-state index contributed by atoms with van der Waals surface area (Å²) in [5.74, 6) is 5.49. The molecular formula is C61H43N11. The van der Waals surface area contributed by atoms with Crippen molar-refractivity contribution in [3.05, 3.63) is 211 Å². The van der Waals surface area contributed by atoms with Crippen molar-refractivity contribution in [1.82, 2.24) is 54.0 Å². The minimum Gasteiger partial charge on any atom is -0.309 e. The summed E-state index contributed by atoms with van der Waals surface area (Å²) >= 11 is 0. The Morgan fingerprint density at radius 2 is 0.653 bits per heavy atom. The van der Waals surface area contributed by atoms with E-state index in [9.17, 15) is 0 Å². The van der Waals surface area contributed by atoms with Crippen LogP contribution in [0.4, 0.5) is 0 Å². The lowest BCUT2D eigenvalue weighted by Gasteiger charge is -2.17. The number of aryl methyl sites for hydroxylation is 4. The van der Waals surface area contributed by atoms with Gasteiger partial charge in [0, 0.05) is 55.0 Å². The zero-order chi connectivity index (χ0) is 48.5. The van der Waals surface area contributed by atoms with Crippen LogP contribution in [-0.2, 0) is 0 Å². The number of hydrogen-bond donors (Lipinski definition) is 0. The predicted octanol–water partition coefficient (Wildman–Crippen LogP) is 13.7. The molecule has 0 amide bonds. The molecule has 11 heteroatoms. The number of aromatic nitrogens is 11. The van der Waals surface area contributed by atoms with E-state index >= 15 is 0 Å². The first-order valence-electron chi connectivity index (χ1n) is 23.9. The van der Waals surface area contributed by atoms with Gasteiger partial charge in [-0.2, -0.15) is 0 Å². The third-order valence-electron chi connectivity index (χ3n) is 13.2. The summed E-state index contributed by atoms with van der Waals surface area (Å²) < 4.78 is 4.66. The molecule has 13 rings (SSSR count). The lowest BCUT2D eigenvalue weighted by atomic mass is 9.99. The molecule has 0 fully saturated rings. The minimum atomic E-state index is 0.522. The topological polar surface area (TPSA) is 126 Å². The van der Waals surface area contributed by atoms with Crippen LogP contribution in [0.1, 0.15) is 23.3 Å². The van der Waals surface area contributed by atoms with Crippen LogP contribution in [0.2, 0.25) is 0 Å². The van der Waals surface area contributed by atoms with E-state index in [1.54, 1.807) is 0 Å². The highest BCUT2D eigenvalue weighted by molar-refractivity contribution is 6.12. The van der Waals surface area contributed by atoms with Crippen LogP contribution in [-0.4, -0.2) is 54.0 Å². The number of fused-ring (bicyclic) bond motifs is 6. The Hall–Kier alpha value is -9.61. The first-order valence-corrected chi connectivity index (χ1v) is 23.9. The Morgan fingerprint density at radius 3 is 1.19 bits per heavy atom. The number of benzene rings is 8. The molecule has 11 nitrogen and oxygen atoms in total. The predicted molar refractivity (Wildman–Crippen MR) is 287 cm³/mol. The third kappa shape index (κ3) is 7.42. The summed E-state index contributed by atoms with van der Waals surface area (Å²) in [6, 6.07) is 65.6. The maximum absolute atomic E-state index is 5.37. The molecule has 13 aromatic rings. The van der Waals surface area contributed by atoms with Gasteiger partial charge >= 0.3 is 0 Å². The quantitative estimate of drug-likeness (QED) is 0.146. The lowest BCUT2D eigenvalue weighted by Crippen LogP contribution is -2.04. The largest absolute Gasteiger partial charge is 0.309 e. The Labute approximate surface area is 414 Å². The van der Waals surface area contributed by atoms with E-state index in [0.717, 1.165) is 83.2 Å². The van der Waals surface area contributed by atoms with E-state index in [2.05, 4.69) is 146 Å². The standard InChI is InChI=1S/C61H43N11/c1-36-62-37(2)65-59(64-36)44-25-29-49-50-30-26-45(60-66-38(3)63-39(4)67-60)35-56(50)72(55(49)34-44)53-31-27-42(43-24-28-48-47-22-14-15-23-52(47)71(54(48)33-43)46-20-12-7-13-21-46)32-51(53)61-69-57(40-16-8-5-9-17-40)68-58(70-61)41-18-10-6-11-19-41/h5-35H,1-4H3. The second-order valence-electron chi connectivity index (χ2n) is 18.0. The highest BCUT2D eigenvalue weighted by Gasteiger charge is 2.23. The molecule has 5 aromatic heterocycles.